The molecule has 1 aromatic heterocycles. The highest BCUT2D eigenvalue weighted by molar-refractivity contribution is 7.92. The second-order valence-electron chi connectivity index (χ2n) is 6.02. The number of nitrogens with zero attached hydrogens (tertiary/aromatic N) is 2. The number of nitrogens with one attached hydrogen (secondary N) is 1. The van der Waals surface area contributed by atoms with Gasteiger partial charge in [0.15, 0.2) is 20.4 Å². The van der Waals surface area contributed by atoms with E-state index in [0.717, 1.165) is 12.8 Å². The lowest BCUT2D eigenvalue weighted by Crippen LogP contribution is -2.33. The molecule has 1 saturated carbocycles. The van der Waals surface area contributed by atoms with Gasteiger partial charge >= 0.3 is 0 Å². The van der Waals surface area contributed by atoms with Crippen LogP contribution >= 0.6 is 11.6 Å². The molecule has 1 fully saturated rings. The van der Waals surface area contributed by atoms with E-state index in [4.69, 9.17) is 16.1 Å². The number of carbonyl (C=O) groups excluding carboxylic acids is 1. The Balaban J connectivity index is 2.02. The zero-order chi connectivity index (χ0) is 18.1. The Bertz CT molecular complexity index is 871. The van der Waals surface area contributed by atoms with Crippen molar-refractivity contribution in [3.05, 3.63) is 41.0 Å². The largest absolute Gasteiger partial charge is 0.359 e. The second kappa shape index (κ2) is 6.76. The Hall–Kier alpha value is -1.93. The van der Waals surface area contributed by atoms with Crippen molar-refractivity contribution in [2.45, 2.75) is 41.7 Å². The van der Waals surface area contributed by atoms with Crippen LogP contribution in [-0.4, -0.2) is 31.5 Å². The smallest absolute Gasteiger partial charge is 0.248 e. The minimum absolute atomic E-state index is 0.0545. The standard InChI is InChI=1S/C16H18ClN3O4S/c1-18-14(21)10-13-19-15(24-20-13)16(8-2-3-9-16)25(22,23)12-6-4-11(17)5-7-12/h4-7H,2-3,8-10H2,1H3,(H,18,21). The lowest BCUT2D eigenvalue weighted by Gasteiger charge is -2.24. The van der Waals surface area contributed by atoms with E-state index in [2.05, 4.69) is 15.5 Å². The summed E-state index contributed by atoms with van der Waals surface area (Å²) in [6.07, 6.45) is 2.25. The summed E-state index contributed by atoms with van der Waals surface area (Å²) in [5.74, 6) is -0.0424. The van der Waals surface area contributed by atoms with Gasteiger partial charge in [-0.15, -0.1) is 0 Å². The number of hydrogen-bond acceptors (Lipinski definition) is 6. The monoisotopic (exact) mass is 383 g/mol. The van der Waals surface area contributed by atoms with Gasteiger partial charge in [-0.2, -0.15) is 4.98 Å². The summed E-state index contributed by atoms with van der Waals surface area (Å²) >= 11 is 5.87. The first-order valence-electron chi connectivity index (χ1n) is 7.93. The third kappa shape index (κ3) is 3.16. The maximum absolute atomic E-state index is 13.3. The fourth-order valence-electron chi connectivity index (χ4n) is 3.13. The first-order chi connectivity index (χ1) is 11.9. The maximum Gasteiger partial charge on any atom is 0.248 e. The van der Waals surface area contributed by atoms with Gasteiger partial charge in [-0.05, 0) is 37.1 Å². The summed E-state index contributed by atoms with van der Waals surface area (Å²) in [4.78, 5) is 15.9. The van der Waals surface area contributed by atoms with E-state index in [1.165, 1.54) is 19.2 Å². The van der Waals surface area contributed by atoms with Gasteiger partial charge in [0.25, 0.3) is 0 Å². The van der Waals surface area contributed by atoms with Crippen LogP contribution in [0.2, 0.25) is 5.02 Å². The van der Waals surface area contributed by atoms with E-state index in [-0.39, 0.29) is 28.9 Å². The van der Waals surface area contributed by atoms with Crippen molar-refractivity contribution in [1.82, 2.24) is 15.5 Å². The van der Waals surface area contributed by atoms with E-state index in [0.29, 0.717) is 17.9 Å². The average molecular weight is 384 g/mol. The summed E-state index contributed by atoms with van der Waals surface area (Å²) < 4.78 is 30.6. The number of amides is 1. The first-order valence-corrected chi connectivity index (χ1v) is 9.79. The number of carbonyl (C=O) groups is 1. The fourth-order valence-corrected chi connectivity index (χ4v) is 5.34. The number of benzene rings is 1. The van der Waals surface area contributed by atoms with Crippen molar-refractivity contribution in [1.29, 1.82) is 0 Å². The molecule has 0 atom stereocenters. The summed E-state index contributed by atoms with van der Waals surface area (Å²) in [6.45, 7) is 0. The molecule has 1 aliphatic carbocycles. The molecule has 0 saturated heterocycles. The zero-order valence-corrected chi connectivity index (χ0v) is 15.2. The zero-order valence-electron chi connectivity index (χ0n) is 13.7. The van der Waals surface area contributed by atoms with Gasteiger partial charge in [0.1, 0.15) is 0 Å². The van der Waals surface area contributed by atoms with Crippen LogP contribution in [0.1, 0.15) is 37.4 Å². The van der Waals surface area contributed by atoms with Crippen molar-refractivity contribution in [2.75, 3.05) is 7.05 Å². The minimum Gasteiger partial charge on any atom is -0.359 e. The van der Waals surface area contributed by atoms with Gasteiger partial charge in [-0.25, -0.2) is 8.42 Å². The topological polar surface area (TPSA) is 102 Å². The van der Waals surface area contributed by atoms with Crippen molar-refractivity contribution in [3.8, 4) is 0 Å². The predicted molar refractivity (Wildman–Crippen MR) is 90.9 cm³/mol. The summed E-state index contributed by atoms with van der Waals surface area (Å²) in [7, 11) is -2.24. The van der Waals surface area contributed by atoms with E-state index in [1.54, 1.807) is 12.1 Å². The highest BCUT2D eigenvalue weighted by Crippen LogP contribution is 2.47. The average Bonchev–Trinajstić information content (AvgIpc) is 3.25. The molecule has 1 amide bonds. The molecule has 0 unspecified atom stereocenters. The number of sulfone groups is 1. The van der Waals surface area contributed by atoms with Crippen LogP contribution in [0.3, 0.4) is 0 Å². The molecule has 1 aliphatic rings. The van der Waals surface area contributed by atoms with Crippen molar-refractivity contribution in [2.24, 2.45) is 0 Å². The molecular formula is C16H18ClN3O4S. The number of likely N-dealkylation sites (N-methyl/N-ethyl adjacent to an activating group) is 1. The van der Waals surface area contributed by atoms with Gasteiger partial charge in [0.2, 0.25) is 11.8 Å². The molecule has 3 rings (SSSR count). The Labute approximate surface area is 150 Å². The first kappa shape index (κ1) is 17.9. The number of rotatable bonds is 5. The van der Waals surface area contributed by atoms with Crippen molar-refractivity contribution in [3.63, 3.8) is 0 Å². The highest BCUT2D eigenvalue weighted by Gasteiger charge is 2.52. The molecule has 134 valence electrons. The molecule has 1 N–H and O–H groups in total. The van der Waals surface area contributed by atoms with E-state index < -0.39 is 14.6 Å². The molecule has 7 nitrogen and oxygen atoms in total. The van der Waals surface area contributed by atoms with Crippen molar-refractivity contribution < 1.29 is 17.7 Å². The third-order valence-corrected chi connectivity index (χ3v) is 7.26. The Morgan fingerprint density at radius 1 is 1.28 bits per heavy atom. The summed E-state index contributed by atoms with van der Waals surface area (Å²) in [5, 5.41) is 6.72. The normalized spacial score (nSPS) is 16.7. The van der Waals surface area contributed by atoms with Gasteiger partial charge in [0, 0.05) is 12.1 Å². The van der Waals surface area contributed by atoms with E-state index in [1.807, 2.05) is 0 Å². The predicted octanol–water partition coefficient (Wildman–Crippen LogP) is 2.25. The summed E-state index contributed by atoms with van der Waals surface area (Å²) in [6, 6.07) is 6.06. The van der Waals surface area contributed by atoms with Gasteiger partial charge < -0.3 is 9.84 Å². The van der Waals surface area contributed by atoms with Crippen LogP contribution in [0.4, 0.5) is 0 Å². The van der Waals surface area contributed by atoms with Crippen LogP contribution < -0.4 is 5.32 Å². The molecule has 1 aromatic carbocycles. The molecular weight excluding hydrogens is 366 g/mol. The van der Waals surface area contributed by atoms with E-state index in [9.17, 15) is 13.2 Å². The molecule has 9 heteroatoms. The molecule has 0 radical (unpaired) electrons. The molecule has 0 spiro atoms. The van der Waals surface area contributed by atoms with Crippen LogP contribution in [0.15, 0.2) is 33.7 Å². The molecule has 25 heavy (non-hydrogen) atoms. The maximum atomic E-state index is 13.3. The number of hydrogen-bond donors (Lipinski definition) is 1. The third-order valence-electron chi connectivity index (χ3n) is 4.50. The molecule has 1 heterocycles. The van der Waals surface area contributed by atoms with E-state index >= 15 is 0 Å². The molecule has 0 bridgehead atoms. The van der Waals surface area contributed by atoms with Gasteiger partial charge in [-0.1, -0.05) is 29.6 Å². The lowest BCUT2D eigenvalue weighted by atomic mass is 10.1. The quantitative estimate of drug-likeness (QED) is 0.849. The minimum atomic E-state index is -3.75. The molecule has 0 aliphatic heterocycles. The fraction of sp³-hybridized carbons (Fsp3) is 0.438. The van der Waals surface area contributed by atoms with Crippen LogP contribution in [0.25, 0.3) is 0 Å². The van der Waals surface area contributed by atoms with Crippen LogP contribution in [0.5, 0.6) is 0 Å². The lowest BCUT2D eigenvalue weighted by molar-refractivity contribution is -0.120. The van der Waals surface area contributed by atoms with Crippen LogP contribution in [-0.2, 0) is 25.8 Å². The Kier molecular flexibility index (Phi) is 4.83. The summed E-state index contributed by atoms with van der Waals surface area (Å²) in [5.41, 5.74) is 0. The molecule has 2 aromatic rings. The Morgan fingerprint density at radius 2 is 1.92 bits per heavy atom. The van der Waals surface area contributed by atoms with Crippen LogP contribution in [0, 0.1) is 0 Å². The second-order valence-corrected chi connectivity index (χ2v) is 8.72. The SMILES string of the molecule is CNC(=O)Cc1noc(C2(S(=O)(=O)c3ccc(Cl)cc3)CCCC2)n1. The number of halogens is 1. The van der Waals surface area contributed by atoms with Gasteiger partial charge in [0.05, 0.1) is 11.3 Å². The Morgan fingerprint density at radius 3 is 2.52 bits per heavy atom. The number of aromatic nitrogens is 2. The highest BCUT2D eigenvalue weighted by atomic mass is 35.5. The van der Waals surface area contributed by atoms with Gasteiger partial charge in [-0.3, -0.25) is 4.79 Å². The van der Waals surface area contributed by atoms with Crippen molar-refractivity contribution >= 4 is 27.3 Å².